The largest absolute Gasteiger partial charge is 0.282 e. The van der Waals surface area contributed by atoms with E-state index in [4.69, 9.17) is 4.98 Å². The van der Waals surface area contributed by atoms with Crippen LogP contribution in [0.4, 0.5) is 0 Å². The predicted octanol–water partition coefficient (Wildman–Crippen LogP) is 6.27. The van der Waals surface area contributed by atoms with E-state index in [1.54, 1.807) is 0 Å². The Hall–Kier alpha value is -3.83. The Balaban J connectivity index is 1.57. The second kappa shape index (κ2) is 9.98. The summed E-state index contributed by atoms with van der Waals surface area (Å²) in [5.74, 6) is 0.515. The molecule has 5 nitrogen and oxygen atoms in total. The monoisotopic (exact) mass is 447 g/mol. The van der Waals surface area contributed by atoms with Gasteiger partial charge in [-0.2, -0.15) is 15.4 Å². The molecule has 5 heteroatoms. The van der Waals surface area contributed by atoms with Gasteiger partial charge in [0, 0.05) is 24.7 Å². The normalized spacial score (nSPS) is 12.5. The molecular weight excluding hydrogens is 418 g/mol. The molecule has 1 N–H and O–H groups in total. The first-order valence-electron chi connectivity index (χ1n) is 11.7. The highest BCUT2D eigenvalue weighted by atomic mass is 15.3. The fourth-order valence-electron chi connectivity index (χ4n) is 4.45. The fourth-order valence-corrected chi connectivity index (χ4v) is 4.45. The lowest BCUT2D eigenvalue weighted by molar-refractivity contribution is 0.203. The van der Waals surface area contributed by atoms with Crippen molar-refractivity contribution >= 4 is 10.9 Å². The van der Waals surface area contributed by atoms with Crippen LogP contribution in [-0.2, 0) is 13.1 Å². The number of rotatable bonds is 8. The van der Waals surface area contributed by atoms with Gasteiger partial charge in [-0.3, -0.25) is 9.88 Å². The van der Waals surface area contributed by atoms with Gasteiger partial charge < -0.3 is 0 Å². The summed E-state index contributed by atoms with van der Waals surface area (Å²) in [4.78, 5) is 7.20. The third-order valence-corrected chi connectivity index (χ3v) is 6.27. The van der Waals surface area contributed by atoms with Crippen LogP contribution in [0.15, 0.2) is 97.3 Å². The van der Waals surface area contributed by atoms with Crippen molar-refractivity contribution in [3.05, 3.63) is 125 Å². The molecule has 0 saturated carbocycles. The molecule has 1 atom stereocenters. The molecule has 0 aliphatic rings. The van der Waals surface area contributed by atoms with Crippen LogP contribution < -0.4 is 0 Å². The van der Waals surface area contributed by atoms with Gasteiger partial charge in [0.15, 0.2) is 0 Å². The van der Waals surface area contributed by atoms with Gasteiger partial charge in [-0.1, -0.05) is 86.6 Å². The molecule has 0 spiro atoms. The van der Waals surface area contributed by atoms with Crippen molar-refractivity contribution in [3.8, 4) is 0 Å². The molecule has 0 bridgehead atoms. The van der Waals surface area contributed by atoms with E-state index in [2.05, 4.69) is 107 Å². The number of aromatic amines is 1. The average molecular weight is 448 g/mol. The molecule has 170 valence electrons. The second-order valence-electron chi connectivity index (χ2n) is 9.05. The van der Waals surface area contributed by atoms with Crippen molar-refractivity contribution in [2.24, 2.45) is 0 Å². The lowest BCUT2D eigenvalue weighted by atomic mass is 9.99. The number of nitrogens with one attached hydrogen (secondary N) is 1. The summed E-state index contributed by atoms with van der Waals surface area (Å²) in [6, 6.07) is 29.9. The highest BCUT2D eigenvalue weighted by Crippen LogP contribution is 2.31. The maximum atomic E-state index is 4.75. The van der Waals surface area contributed by atoms with Gasteiger partial charge >= 0.3 is 0 Å². The van der Waals surface area contributed by atoms with Gasteiger partial charge in [0.2, 0.25) is 0 Å². The van der Waals surface area contributed by atoms with Crippen molar-refractivity contribution in [2.75, 3.05) is 0 Å². The summed E-state index contributed by atoms with van der Waals surface area (Å²) in [7, 11) is 0. The minimum Gasteiger partial charge on any atom is -0.282 e. The fraction of sp³-hybridized carbons (Fsp3) is 0.207. The number of fused-ring (bicyclic) bond motifs is 1. The van der Waals surface area contributed by atoms with Gasteiger partial charge in [-0.15, -0.1) is 0 Å². The van der Waals surface area contributed by atoms with Gasteiger partial charge in [0.05, 0.1) is 17.8 Å². The summed E-state index contributed by atoms with van der Waals surface area (Å²) in [5.41, 5.74) is 6.84. The number of nitrogens with zero attached hydrogens (tertiary/aromatic N) is 4. The van der Waals surface area contributed by atoms with Crippen molar-refractivity contribution in [3.63, 3.8) is 0 Å². The number of para-hydroxylation sites is 1. The first-order valence-corrected chi connectivity index (χ1v) is 11.7. The standard InChI is InChI=1S/C29H29N5/c1-21(2)24-14-12-23(13-15-24)20-34(19-22-8-4-3-5-9-22)29(28-18-31-33-32-28)26-16-25-10-6-7-11-27(25)30-17-26/h3-18,21,29H,19-20H2,1-2H3,(H,31,32,33). The summed E-state index contributed by atoms with van der Waals surface area (Å²) >= 11 is 0. The van der Waals surface area contributed by atoms with E-state index in [1.165, 1.54) is 16.7 Å². The van der Waals surface area contributed by atoms with Crippen LogP contribution in [-0.4, -0.2) is 25.3 Å². The second-order valence-corrected chi connectivity index (χ2v) is 9.05. The lowest BCUT2D eigenvalue weighted by Crippen LogP contribution is -2.29. The molecule has 34 heavy (non-hydrogen) atoms. The zero-order valence-corrected chi connectivity index (χ0v) is 19.6. The van der Waals surface area contributed by atoms with Crippen molar-refractivity contribution in [1.82, 2.24) is 25.3 Å². The van der Waals surface area contributed by atoms with Crippen LogP contribution in [0.1, 0.15) is 53.8 Å². The minimum absolute atomic E-state index is 0.0964. The smallest absolute Gasteiger partial charge is 0.104 e. The van der Waals surface area contributed by atoms with Crippen molar-refractivity contribution < 1.29 is 0 Å². The number of pyridine rings is 1. The Morgan fingerprint density at radius 3 is 2.18 bits per heavy atom. The molecule has 2 aromatic heterocycles. The molecular formula is C29H29N5. The average Bonchev–Trinajstić information content (AvgIpc) is 3.39. The summed E-state index contributed by atoms with van der Waals surface area (Å²) in [6.45, 7) is 6.00. The SMILES string of the molecule is CC(C)c1ccc(CN(Cc2ccccc2)C(c2cnc3ccccc3c2)c2cn[nH]n2)cc1. The first kappa shape index (κ1) is 22.0. The Morgan fingerprint density at radius 1 is 0.765 bits per heavy atom. The van der Waals surface area contributed by atoms with Crippen LogP contribution in [0.3, 0.4) is 0 Å². The maximum Gasteiger partial charge on any atom is 0.104 e. The molecule has 0 aliphatic carbocycles. The van der Waals surface area contributed by atoms with Crippen LogP contribution in [0.25, 0.3) is 10.9 Å². The molecule has 0 fully saturated rings. The summed E-state index contributed by atoms with van der Waals surface area (Å²) < 4.78 is 0. The predicted molar refractivity (Wildman–Crippen MR) is 136 cm³/mol. The highest BCUT2D eigenvalue weighted by Gasteiger charge is 2.26. The number of H-pyrrole nitrogens is 1. The number of aromatic nitrogens is 4. The van der Waals surface area contributed by atoms with E-state index in [9.17, 15) is 0 Å². The number of hydrogen-bond acceptors (Lipinski definition) is 4. The van der Waals surface area contributed by atoms with E-state index in [-0.39, 0.29) is 6.04 Å². The van der Waals surface area contributed by atoms with Crippen LogP contribution >= 0.6 is 0 Å². The van der Waals surface area contributed by atoms with Crippen molar-refractivity contribution in [1.29, 1.82) is 0 Å². The van der Waals surface area contributed by atoms with E-state index in [0.29, 0.717) is 5.92 Å². The molecule has 3 aromatic carbocycles. The highest BCUT2D eigenvalue weighted by molar-refractivity contribution is 5.78. The van der Waals surface area contributed by atoms with Crippen LogP contribution in [0, 0.1) is 0 Å². The maximum absolute atomic E-state index is 4.75. The summed E-state index contributed by atoms with van der Waals surface area (Å²) in [6.07, 6.45) is 3.79. The zero-order chi connectivity index (χ0) is 23.3. The quantitative estimate of drug-likeness (QED) is 0.305. The molecule has 5 rings (SSSR count). The summed E-state index contributed by atoms with van der Waals surface area (Å²) in [5, 5.41) is 12.6. The Labute approximate surface area is 200 Å². The Kier molecular flexibility index (Phi) is 6.45. The zero-order valence-electron chi connectivity index (χ0n) is 19.6. The van der Waals surface area contributed by atoms with Crippen LogP contribution in [0.2, 0.25) is 0 Å². The third-order valence-electron chi connectivity index (χ3n) is 6.27. The van der Waals surface area contributed by atoms with E-state index >= 15 is 0 Å². The molecule has 0 aliphatic heterocycles. The first-order chi connectivity index (χ1) is 16.7. The molecule has 0 amide bonds. The van der Waals surface area contributed by atoms with Gasteiger partial charge in [-0.25, -0.2) is 0 Å². The van der Waals surface area contributed by atoms with E-state index in [0.717, 1.165) is 35.2 Å². The Morgan fingerprint density at radius 2 is 1.47 bits per heavy atom. The molecule has 0 saturated heterocycles. The molecule has 0 radical (unpaired) electrons. The lowest BCUT2D eigenvalue weighted by Gasteiger charge is -2.31. The molecule has 2 heterocycles. The number of hydrogen-bond donors (Lipinski definition) is 1. The van der Waals surface area contributed by atoms with Gasteiger partial charge in [0.25, 0.3) is 0 Å². The van der Waals surface area contributed by atoms with Gasteiger partial charge in [0.1, 0.15) is 5.69 Å². The topological polar surface area (TPSA) is 57.7 Å². The van der Waals surface area contributed by atoms with E-state index < -0.39 is 0 Å². The third kappa shape index (κ3) is 4.90. The van der Waals surface area contributed by atoms with Crippen LogP contribution in [0.5, 0.6) is 0 Å². The Bertz CT molecular complexity index is 1330. The molecule has 1 unspecified atom stereocenters. The minimum atomic E-state index is -0.0964. The van der Waals surface area contributed by atoms with E-state index in [1.807, 2.05) is 24.5 Å². The number of benzene rings is 3. The van der Waals surface area contributed by atoms with Crippen molar-refractivity contribution in [2.45, 2.75) is 38.9 Å². The molecule has 5 aromatic rings. The van der Waals surface area contributed by atoms with Gasteiger partial charge in [-0.05, 0) is 40.3 Å².